The first-order valence-corrected chi connectivity index (χ1v) is 12.3. The predicted octanol–water partition coefficient (Wildman–Crippen LogP) is 4.65. The van der Waals surface area contributed by atoms with Gasteiger partial charge in [0.25, 0.3) is 0 Å². The van der Waals surface area contributed by atoms with Gasteiger partial charge in [-0.1, -0.05) is 60.1 Å². The molecule has 0 N–H and O–H groups in total. The SMILES string of the molecule is CCOC(=O)C1=C(COCCN(C)Cc2ccccc2)N=C(C)C(C(=O)OC)C1c1ccccc1Cl. The standard InChI is InChI=1S/C28H33ClN2O5/c1-5-36-28(33)26-23(18-35-16-15-31(3)17-20-11-7-6-8-12-20)30-19(2)24(27(32)34-4)25(26)21-13-9-10-14-22(21)29/h6-14,24-25H,5,15-18H2,1-4H3. The van der Waals surface area contributed by atoms with Crippen LogP contribution in [0.1, 0.15) is 30.9 Å². The van der Waals surface area contributed by atoms with E-state index in [1.807, 2.05) is 31.3 Å². The summed E-state index contributed by atoms with van der Waals surface area (Å²) in [4.78, 5) is 32.8. The Morgan fingerprint density at radius 3 is 2.44 bits per heavy atom. The topological polar surface area (TPSA) is 77.4 Å². The average Bonchev–Trinajstić information content (AvgIpc) is 2.87. The Kier molecular flexibility index (Phi) is 10.2. The molecule has 2 aromatic carbocycles. The van der Waals surface area contributed by atoms with Gasteiger partial charge in [-0.25, -0.2) is 4.79 Å². The molecule has 8 heteroatoms. The maximum absolute atomic E-state index is 13.2. The van der Waals surface area contributed by atoms with Gasteiger partial charge < -0.3 is 14.2 Å². The summed E-state index contributed by atoms with van der Waals surface area (Å²) in [5, 5.41) is 0.440. The Balaban J connectivity index is 1.86. The third-order valence-electron chi connectivity index (χ3n) is 6.06. The Morgan fingerprint density at radius 2 is 1.78 bits per heavy atom. The summed E-state index contributed by atoms with van der Waals surface area (Å²) in [6, 6.07) is 17.3. The molecule has 2 aromatic rings. The maximum atomic E-state index is 13.2. The Hall–Kier alpha value is -3.00. The van der Waals surface area contributed by atoms with E-state index in [4.69, 9.17) is 25.8 Å². The number of ether oxygens (including phenoxy) is 3. The summed E-state index contributed by atoms with van der Waals surface area (Å²) < 4.78 is 16.4. The molecule has 7 nitrogen and oxygen atoms in total. The summed E-state index contributed by atoms with van der Waals surface area (Å²) >= 11 is 6.54. The van der Waals surface area contributed by atoms with Crippen LogP contribution in [0.5, 0.6) is 0 Å². The number of hydrogen-bond acceptors (Lipinski definition) is 7. The lowest BCUT2D eigenvalue weighted by molar-refractivity contribution is -0.144. The van der Waals surface area contributed by atoms with E-state index in [-0.39, 0.29) is 18.8 Å². The second-order valence-corrected chi connectivity index (χ2v) is 9.02. The molecule has 2 atom stereocenters. The molecule has 0 saturated heterocycles. The predicted molar refractivity (Wildman–Crippen MR) is 140 cm³/mol. The number of aliphatic imine (C=N–C) groups is 1. The largest absolute Gasteiger partial charge is 0.468 e. The van der Waals surface area contributed by atoms with Crippen LogP contribution in [0.15, 0.2) is 70.9 Å². The molecule has 0 fully saturated rings. The zero-order valence-corrected chi connectivity index (χ0v) is 22.0. The van der Waals surface area contributed by atoms with Crippen molar-refractivity contribution in [2.45, 2.75) is 26.3 Å². The lowest BCUT2D eigenvalue weighted by Crippen LogP contribution is -2.37. The second kappa shape index (κ2) is 13.3. The summed E-state index contributed by atoms with van der Waals surface area (Å²) in [6.07, 6.45) is 0. The number of likely N-dealkylation sites (N-methyl/N-ethyl adjacent to an activating group) is 1. The van der Waals surface area contributed by atoms with Crippen molar-refractivity contribution in [3.63, 3.8) is 0 Å². The monoisotopic (exact) mass is 512 g/mol. The van der Waals surface area contributed by atoms with Crippen LogP contribution in [0.2, 0.25) is 5.02 Å². The molecule has 2 unspecified atom stereocenters. The molecule has 36 heavy (non-hydrogen) atoms. The molecule has 1 heterocycles. The second-order valence-electron chi connectivity index (χ2n) is 8.61. The third kappa shape index (κ3) is 6.81. The van der Waals surface area contributed by atoms with E-state index < -0.39 is 23.8 Å². The van der Waals surface area contributed by atoms with Crippen molar-refractivity contribution in [2.24, 2.45) is 10.9 Å². The van der Waals surface area contributed by atoms with Gasteiger partial charge in [-0.05, 0) is 38.1 Å². The zero-order chi connectivity index (χ0) is 26.1. The number of carbonyl (C=O) groups excluding carboxylic acids is 2. The van der Waals surface area contributed by atoms with Crippen LogP contribution in [-0.4, -0.2) is 63.1 Å². The number of esters is 2. The van der Waals surface area contributed by atoms with Crippen LogP contribution in [0.3, 0.4) is 0 Å². The van der Waals surface area contributed by atoms with Crippen molar-refractivity contribution in [3.05, 3.63) is 82.0 Å². The first-order valence-electron chi connectivity index (χ1n) is 11.9. The normalized spacial score (nSPS) is 17.7. The van der Waals surface area contributed by atoms with Crippen molar-refractivity contribution in [3.8, 4) is 0 Å². The first-order chi connectivity index (χ1) is 17.4. The number of halogens is 1. The van der Waals surface area contributed by atoms with Gasteiger partial charge in [0.1, 0.15) is 5.92 Å². The van der Waals surface area contributed by atoms with Crippen LogP contribution < -0.4 is 0 Å². The van der Waals surface area contributed by atoms with E-state index in [0.717, 1.165) is 6.54 Å². The minimum atomic E-state index is -0.810. The van der Waals surface area contributed by atoms with Crippen LogP contribution in [-0.2, 0) is 30.3 Å². The molecule has 1 aliphatic rings. The number of methoxy groups -OCH3 is 1. The molecule has 0 radical (unpaired) electrons. The first kappa shape index (κ1) is 27.6. The van der Waals surface area contributed by atoms with Crippen molar-refractivity contribution < 1.29 is 23.8 Å². The van der Waals surface area contributed by atoms with Gasteiger partial charge in [0, 0.05) is 29.7 Å². The van der Waals surface area contributed by atoms with E-state index in [2.05, 4.69) is 22.0 Å². The molecule has 3 rings (SSSR count). The fourth-order valence-electron chi connectivity index (χ4n) is 4.35. The lowest BCUT2D eigenvalue weighted by Gasteiger charge is -2.32. The molecule has 192 valence electrons. The Morgan fingerprint density at radius 1 is 1.08 bits per heavy atom. The molecular weight excluding hydrogens is 480 g/mol. The van der Waals surface area contributed by atoms with Gasteiger partial charge in [0.15, 0.2) is 0 Å². The fraction of sp³-hybridized carbons (Fsp3) is 0.393. The third-order valence-corrected chi connectivity index (χ3v) is 6.40. The van der Waals surface area contributed by atoms with Gasteiger partial charge >= 0.3 is 11.9 Å². The highest BCUT2D eigenvalue weighted by atomic mass is 35.5. The molecule has 0 aliphatic carbocycles. The molecule has 0 spiro atoms. The van der Waals surface area contributed by atoms with Crippen molar-refractivity contribution in [1.82, 2.24) is 4.90 Å². The van der Waals surface area contributed by atoms with E-state index in [0.29, 0.717) is 35.1 Å². The molecule has 0 aromatic heterocycles. The number of hydrogen-bond donors (Lipinski definition) is 0. The Labute approximate surface area is 217 Å². The number of nitrogens with zero attached hydrogens (tertiary/aromatic N) is 2. The van der Waals surface area contributed by atoms with Crippen molar-refractivity contribution in [2.75, 3.05) is 40.5 Å². The number of carbonyl (C=O) groups is 2. The maximum Gasteiger partial charge on any atom is 0.336 e. The summed E-state index contributed by atoms with van der Waals surface area (Å²) in [6.45, 7) is 5.69. The molecule has 1 aliphatic heterocycles. The van der Waals surface area contributed by atoms with E-state index in [1.165, 1.54) is 12.7 Å². The van der Waals surface area contributed by atoms with Crippen molar-refractivity contribution >= 4 is 29.3 Å². The van der Waals surface area contributed by atoms with E-state index in [1.54, 1.807) is 32.0 Å². The van der Waals surface area contributed by atoms with Gasteiger partial charge in [0.05, 0.1) is 38.2 Å². The zero-order valence-electron chi connectivity index (χ0n) is 21.2. The van der Waals surface area contributed by atoms with Crippen LogP contribution >= 0.6 is 11.6 Å². The molecule has 0 bridgehead atoms. The van der Waals surface area contributed by atoms with Crippen LogP contribution in [0.25, 0.3) is 0 Å². The minimum absolute atomic E-state index is 0.0967. The highest BCUT2D eigenvalue weighted by Gasteiger charge is 2.43. The van der Waals surface area contributed by atoms with Crippen LogP contribution in [0, 0.1) is 5.92 Å². The highest BCUT2D eigenvalue weighted by Crippen LogP contribution is 2.42. The smallest absolute Gasteiger partial charge is 0.336 e. The Bertz CT molecular complexity index is 1120. The lowest BCUT2D eigenvalue weighted by atomic mass is 9.75. The van der Waals surface area contributed by atoms with Gasteiger partial charge in [0.2, 0.25) is 0 Å². The molecule has 0 saturated carbocycles. The van der Waals surface area contributed by atoms with E-state index in [9.17, 15) is 9.59 Å². The number of rotatable bonds is 11. The summed E-state index contributed by atoms with van der Waals surface area (Å²) in [5.41, 5.74) is 3.08. The molecule has 0 amide bonds. The van der Waals surface area contributed by atoms with Gasteiger partial charge in [-0.2, -0.15) is 0 Å². The summed E-state index contributed by atoms with van der Waals surface area (Å²) in [5.74, 6) is -2.56. The van der Waals surface area contributed by atoms with Gasteiger partial charge in [-0.3, -0.25) is 14.7 Å². The fourth-order valence-corrected chi connectivity index (χ4v) is 4.61. The van der Waals surface area contributed by atoms with E-state index >= 15 is 0 Å². The van der Waals surface area contributed by atoms with Crippen molar-refractivity contribution in [1.29, 1.82) is 0 Å². The van der Waals surface area contributed by atoms with Crippen LogP contribution in [0.4, 0.5) is 0 Å². The minimum Gasteiger partial charge on any atom is -0.468 e. The number of benzene rings is 2. The summed E-state index contributed by atoms with van der Waals surface area (Å²) in [7, 11) is 3.34. The quantitative estimate of drug-likeness (QED) is 0.322. The molecular formula is C28H33ClN2O5. The average molecular weight is 513 g/mol. The highest BCUT2D eigenvalue weighted by molar-refractivity contribution is 6.31. The van der Waals surface area contributed by atoms with Gasteiger partial charge in [-0.15, -0.1) is 0 Å².